The van der Waals surface area contributed by atoms with Gasteiger partial charge in [-0.15, -0.1) is 0 Å². The molecule has 0 fully saturated rings. The first-order valence-corrected chi connectivity index (χ1v) is 6.73. The Balaban J connectivity index is 3.18. The van der Waals surface area contributed by atoms with E-state index in [0.29, 0.717) is 4.31 Å². The minimum absolute atomic E-state index is 0.0424. The van der Waals surface area contributed by atoms with Crippen LogP contribution in [-0.4, -0.2) is 42.6 Å². The zero-order valence-corrected chi connectivity index (χ0v) is 11.2. The van der Waals surface area contributed by atoms with Gasteiger partial charge in [0.2, 0.25) is 21.8 Å². The number of hydrogen-bond donors (Lipinski definition) is 2. The number of sulfonamides is 1. The molecular weight excluding hydrogens is 296 g/mol. The molecule has 0 aliphatic carbocycles. The summed E-state index contributed by atoms with van der Waals surface area (Å²) in [6, 6.07) is 2.27. The second kappa shape index (κ2) is 5.95. The summed E-state index contributed by atoms with van der Waals surface area (Å²) in [5, 5.41) is -0.0424. The van der Waals surface area contributed by atoms with E-state index >= 15 is 0 Å². The quantitative estimate of drug-likeness (QED) is 0.629. The molecule has 0 radical (unpaired) electrons. The summed E-state index contributed by atoms with van der Waals surface area (Å²) in [6.45, 7) is -1.32. The van der Waals surface area contributed by atoms with Crippen LogP contribution in [0.25, 0.3) is 0 Å². The van der Waals surface area contributed by atoms with Gasteiger partial charge in [0.25, 0.3) is 0 Å². The van der Waals surface area contributed by atoms with Crippen molar-refractivity contribution in [3.05, 3.63) is 23.5 Å². The molecule has 1 rings (SSSR count). The normalized spacial score (nSPS) is 11.5. The summed E-state index contributed by atoms with van der Waals surface area (Å²) in [4.78, 5) is 25.1. The Bertz CT molecular complexity index is 588. The fourth-order valence-corrected chi connectivity index (χ4v) is 2.89. The van der Waals surface area contributed by atoms with E-state index in [1.807, 2.05) is 0 Å². The smallest absolute Gasteiger partial charge is 0.244 e. The number of carbonyl (C=O) groups is 2. The molecule has 0 spiro atoms. The maximum absolute atomic E-state index is 12.2. The molecule has 0 aromatic carbocycles. The average molecular weight is 307 g/mol. The van der Waals surface area contributed by atoms with Crippen molar-refractivity contribution in [3.63, 3.8) is 0 Å². The van der Waals surface area contributed by atoms with E-state index in [1.165, 1.54) is 12.3 Å². The zero-order chi connectivity index (χ0) is 14.6. The molecule has 4 N–H and O–H groups in total. The van der Waals surface area contributed by atoms with Crippen molar-refractivity contribution in [1.82, 2.24) is 9.29 Å². The highest BCUT2D eigenvalue weighted by Crippen LogP contribution is 2.17. The van der Waals surface area contributed by atoms with Crippen molar-refractivity contribution in [1.29, 1.82) is 0 Å². The molecule has 0 aliphatic rings. The van der Waals surface area contributed by atoms with Gasteiger partial charge in [-0.1, -0.05) is 11.6 Å². The van der Waals surface area contributed by atoms with Crippen LogP contribution >= 0.6 is 11.6 Å². The summed E-state index contributed by atoms with van der Waals surface area (Å²) >= 11 is 5.59. The van der Waals surface area contributed by atoms with Gasteiger partial charge in [-0.25, -0.2) is 13.4 Å². The molecule has 1 aromatic heterocycles. The lowest BCUT2D eigenvalue weighted by Crippen LogP contribution is -2.43. The minimum Gasteiger partial charge on any atom is -0.369 e. The number of amides is 2. The molecule has 1 heterocycles. The van der Waals surface area contributed by atoms with E-state index in [1.54, 1.807) is 0 Å². The Labute approximate surface area is 114 Å². The number of primary amides is 2. The van der Waals surface area contributed by atoms with Crippen LogP contribution in [0.15, 0.2) is 23.2 Å². The third-order valence-corrected chi connectivity index (χ3v) is 3.99. The van der Waals surface area contributed by atoms with Gasteiger partial charge >= 0.3 is 0 Å². The number of carbonyl (C=O) groups excluding carboxylic acids is 2. The van der Waals surface area contributed by atoms with E-state index in [4.69, 9.17) is 23.1 Å². The topological polar surface area (TPSA) is 136 Å². The van der Waals surface area contributed by atoms with Crippen molar-refractivity contribution in [2.75, 3.05) is 13.1 Å². The van der Waals surface area contributed by atoms with Gasteiger partial charge in [0, 0.05) is 6.20 Å². The largest absolute Gasteiger partial charge is 0.369 e. The molecule has 0 bridgehead atoms. The van der Waals surface area contributed by atoms with Crippen molar-refractivity contribution in [2.45, 2.75) is 4.90 Å². The molecule has 0 unspecified atom stereocenters. The molecule has 2 amide bonds. The minimum atomic E-state index is -4.11. The Hall–Kier alpha value is -1.71. The van der Waals surface area contributed by atoms with Gasteiger partial charge in [-0.05, 0) is 12.1 Å². The lowest BCUT2D eigenvalue weighted by Gasteiger charge is -2.19. The lowest BCUT2D eigenvalue weighted by molar-refractivity contribution is -0.120. The number of nitrogens with zero attached hydrogens (tertiary/aromatic N) is 2. The van der Waals surface area contributed by atoms with Crippen LogP contribution in [0.3, 0.4) is 0 Å². The maximum Gasteiger partial charge on any atom is 0.244 e. The van der Waals surface area contributed by atoms with Gasteiger partial charge in [-0.2, -0.15) is 4.31 Å². The van der Waals surface area contributed by atoms with Crippen LogP contribution in [0.5, 0.6) is 0 Å². The second-order valence-electron chi connectivity index (χ2n) is 3.52. The van der Waals surface area contributed by atoms with E-state index in [9.17, 15) is 18.0 Å². The van der Waals surface area contributed by atoms with Gasteiger partial charge in [0.1, 0.15) is 5.15 Å². The molecular formula is C9H11ClN4O4S. The van der Waals surface area contributed by atoms with Crippen molar-refractivity contribution in [2.24, 2.45) is 11.5 Å². The fraction of sp³-hybridized carbons (Fsp3) is 0.222. The van der Waals surface area contributed by atoms with Crippen LogP contribution in [0.2, 0.25) is 5.15 Å². The lowest BCUT2D eigenvalue weighted by atomic mass is 10.5. The summed E-state index contributed by atoms with van der Waals surface area (Å²) in [5.74, 6) is -1.82. The Morgan fingerprint density at radius 1 is 1.26 bits per heavy atom. The molecule has 1 aromatic rings. The predicted octanol–water partition coefficient (Wildman–Crippen LogP) is -1.30. The van der Waals surface area contributed by atoms with Crippen molar-refractivity contribution >= 4 is 33.4 Å². The van der Waals surface area contributed by atoms with E-state index in [2.05, 4.69) is 4.98 Å². The standard InChI is InChI=1S/C9H11ClN4O4S/c10-7-3-6(1-2-13-7)19(17,18)14(4-8(11)15)5-9(12)16/h1-3H,4-5H2,(H2,11,15)(H2,12,16). The number of nitrogens with two attached hydrogens (primary N) is 2. The van der Waals surface area contributed by atoms with Gasteiger partial charge in [-0.3, -0.25) is 9.59 Å². The number of pyridine rings is 1. The van der Waals surface area contributed by atoms with Crippen molar-refractivity contribution < 1.29 is 18.0 Å². The second-order valence-corrected chi connectivity index (χ2v) is 5.85. The predicted molar refractivity (Wildman–Crippen MR) is 66.4 cm³/mol. The maximum atomic E-state index is 12.2. The van der Waals surface area contributed by atoms with Crippen LogP contribution < -0.4 is 11.5 Å². The molecule has 104 valence electrons. The number of rotatable bonds is 6. The first-order valence-electron chi connectivity index (χ1n) is 4.92. The van der Waals surface area contributed by atoms with Crippen LogP contribution in [0.1, 0.15) is 0 Å². The van der Waals surface area contributed by atoms with E-state index in [-0.39, 0.29) is 10.0 Å². The van der Waals surface area contributed by atoms with E-state index in [0.717, 1.165) is 6.07 Å². The molecule has 0 aliphatic heterocycles. The molecule has 0 saturated heterocycles. The number of hydrogen-bond acceptors (Lipinski definition) is 5. The van der Waals surface area contributed by atoms with Crippen LogP contribution in [-0.2, 0) is 19.6 Å². The highest BCUT2D eigenvalue weighted by Gasteiger charge is 2.27. The number of aromatic nitrogens is 1. The molecule has 19 heavy (non-hydrogen) atoms. The highest BCUT2D eigenvalue weighted by molar-refractivity contribution is 7.89. The SMILES string of the molecule is NC(=O)CN(CC(N)=O)S(=O)(=O)c1ccnc(Cl)c1. The highest BCUT2D eigenvalue weighted by atomic mass is 35.5. The number of halogens is 1. The van der Waals surface area contributed by atoms with Gasteiger partial charge in [0.15, 0.2) is 0 Å². The first kappa shape index (κ1) is 15.3. The fourth-order valence-electron chi connectivity index (χ4n) is 1.27. The summed E-state index contributed by atoms with van der Waals surface area (Å²) in [7, 11) is -4.11. The molecule has 0 saturated carbocycles. The van der Waals surface area contributed by atoms with Gasteiger partial charge < -0.3 is 11.5 Å². The first-order chi connectivity index (χ1) is 8.73. The zero-order valence-electron chi connectivity index (χ0n) is 9.61. The van der Waals surface area contributed by atoms with Crippen LogP contribution in [0.4, 0.5) is 0 Å². The average Bonchev–Trinajstić information content (AvgIpc) is 2.26. The van der Waals surface area contributed by atoms with Crippen molar-refractivity contribution in [3.8, 4) is 0 Å². The van der Waals surface area contributed by atoms with Crippen LogP contribution in [0, 0.1) is 0 Å². The van der Waals surface area contributed by atoms with E-state index < -0.39 is 34.9 Å². The molecule has 8 nitrogen and oxygen atoms in total. The third-order valence-electron chi connectivity index (χ3n) is 2.00. The Morgan fingerprint density at radius 3 is 2.21 bits per heavy atom. The monoisotopic (exact) mass is 306 g/mol. The summed E-state index contributed by atoms with van der Waals surface area (Å²) in [6.07, 6.45) is 1.18. The summed E-state index contributed by atoms with van der Waals surface area (Å²) in [5.41, 5.74) is 9.88. The Morgan fingerprint density at radius 2 is 1.79 bits per heavy atom. The third kappa shape index (κ3) is 4.16. The van der Waals surface area contributed by atoms with Gasteiger partial charge in [0.05, 0.1) is 18.0 Å². The molecule has 10 heteroatoms. The molecule has 0 atom stereocenters. The summed E-state index contributed by atoms with van der Waals surface area (Å²) < 4.78 is 24.9. The Kier molecular flexibility index (Phi) is 4.81.